The lowest BCUT2D eigenvalue weighted by atomic mass is 10.0. The van der Waals surface area contributed by atoms with E-state index in [1.165, 1.54) is 0 Å². The summed E-state index contributed by atoms with van der Waals surface area (Å²) in [5.74, 6) is 0.438. The Morgan fingerprint density at radius 2 is 2.33 bits per heavy atom. The zero-order chi connectivity index (χ0) is 11.1. The normalized spacial score (nSPS) is 37.1. The Morgan fingerprint density at radius 1 is 1.60 bits per heavy atom. The maximum Gasteiger partial charge on any atom is 0.225 e. The third-order valence-electron chi connectivity index (χ3n) is 3.83. The maximum absolute atomic E-state index is 11.2. The number of carbonyl (C=O) groups is 1. The van der Waals surface area contributed by atoms with Crippen LogP contribution in [0.3, 0.4) is 0 Å². The molecule has 0 spiro atoms. The molecule has 0 aromatic heterocycles. The summed E-state index contributed by atoms with van der Waals surface area (Å²) in [5, 5.41) is -0.184. The molecule has 0 radical (unpaired) electrons. The maximum atomic E-state index is 11.2. The van der Waals surface area contributed by atoms with Crippen molar-refractivity contribution in [3.8, 4) is 0 Å². The summed E-state index contributed by atoms with van der Waals surface area (Å²) in [7, 11) is 0. The van der Waals surface area contributed by atoms with Gasteiger partial charge in [0.05, 0.1) is 12.4 Å². The molecule has 0 aromatic carbocycles. The molecular formula is C12H17ClO2. The van der Waals surface area contributed by atoms with Crippen molar-refractivity contribution in [2.24, 2.45) is 17.3 Å². The van der Waals surface area contributed by atoms with E-state index in [1.807, 2.05) is 6.08 Å². The standard InChI is InChI=1S/C12H17ClO2/c1-12(2)9(10(12)11(13)14)7-8-5-3-4-6-15-8/h4,6,8-10H,3,5,7H2,1-2H3. The van der Waals surface area contributed by atoms with Gasteiger partial charge >= 0.3 is 0 Å². The van der Waals surface area contributed by atoms with E-state index < -0.39 is 0 Å². The number of halogens is 1. The second kappa shape index (κ2) is 3.82. The predicted molar refractivity (Wildman–Crippen MR) is 59.5 cm³/mol. The predicted octanol–water partition coefficient (Wildman–Crippen LogP) is 3.11. The second-order valence-corrected chi connectivity index (χ2v) is 5.53. The number of ether oxygens (including phenoxy) is 1. The minimum Gasteiger partial charge on any atom is -0.498 e. The van der Waals surface area contributed by atoms with Gasteiger partial charge in [-0.15, -0.1) is 0 Å². The summed E-state index contributed by atoms with van der Waals surface area (Å²) < 4.78 is 5.52. The fourth-order valence-electron chi connectivity index (χ4n) is 2.68. The molecule has 0 aromatic rings. The average molecular weight is 229 g/mol. The van der Waals surface area contributed by atoms with Crippen molar-refractivity contribution in [3.05, 3.63) is 12.3 Å². The van der Waals surface area contributed by atoms with Crippen molar-refractivity contribution in [1.29, 1.82) is 0 Å². The van der Waals surface area contributed by atoms with E-state index in [0.29, 0.717) is 5.92 Å². The smallest absolute Gasteiger partial charge is 0.225 e. The number of carbonyl (C=O) groups excluding carboxylic acids is 1. The molecule has 3 heteroatoms. The van der Waals surface area contributed by atoms with Crippen LogP contribution in [0.2, 0.25) is 0 Å². The van der Waals surface area contributed by atoms with Gasteiger partial charge in [-0.3, -0.25) is 4.79 Å². The van der Waals surface area contributed by atoms with Crippen molar-refractivity contribution in [2.45, 2.75) is 39.2 Å². The van der Waals surface area contributed by atoms with E-state index in [9.17, 15) is 4.79 Å². The van der Waals surface area contributed by atoms with Gasteiger partial charge in [-0.1, -0.05) is 13.8 Å². The zero-order valence-electron chi connectivity index (χ0n) is 9.20. The summed E-state index contributed by atoms with van der Waals surface area (Å²) in [6.07, 6.45) is 7.20. The number of hydrogen-bond acceptors (Lipinski definition) is 2. The van der Waals surface area contributed by atoms with Crippen LogP contribution in [0, 0.1) is 17.3 Å². The van der Waals surface area contributed by atoms with Crippen LogP contribution in [-0.4, -0.2) is 11.3 Å². The molecule has 84 valence electrons. The number of allylic oxidation sites excluding steroid dienone is 1. The number of hydrogen-bond donors (Lipinski definition) is 0. The first-order valence-corrected chi connectivity index (χ1v) is 5.91. The van der Waals surface area contributed by atoms with Crippen LogP contribution >= 0.6 is 11.6 Å². The number of rotatable bonds is 3. The second-order valence-electron chi connectivity index (χ2n) is 5.15. The van der Waals surface area contributed by atoms with Gasteiger partial charge in [0, 0.05) is 5.92 Å². The molecule has 0 amide bonds. The van der Waals surface area contributed by atoms with Gasteiger partial charge in [-0.05, 0) is 48.3 Å². The zero-order valence-corrected chi connectivity index (χ0v) is 9.96. The summed E-state index contributed by atoms with van der Waals surface area (Å²) in [6, 6.07) is 0. The molecule has 2 aliphatic rings. The van der Waals surface area contributed by atoms with Crippen LogP contribution in [-0.2, 0) is 9.53 Å². The van der Waals surface area contributed by atoms with Gasteiger partial charge in [-0.2, -0.15) is 0 Å². The fraction of sp³-hybridized carbons (Fsp3) is 0.750. The van der Waals surface area contributed by atoms with E-state index in [4.69, 9.17) is 16.3 Å². The highest BCUT2D eigenvalue weighted by Gasteiger charge is 2.61. The van der Waals surface area contributed by atoms with Gasteiger partial charge in [0.15, 0.2) is 0 Å². The van der Waals surface area contributed by atoms with E-state index in [2.05, 4.69) is 13.8 Å². The van der Waals surface area contributed by atoms with Crippen molar-refractivity contribution in [2.75, 3.05) is 0 Å². The van der Waals surface area contributed by atoms with Crippen LogP contribution in [0.1, 0.15) is 33.1 Å². The molecule has 1 aliphatic heterocycles. The van der Waals surface area contributed by atoms with Crippen molar-refractivity contribution < 1.29 is 9.53 Å². The Kier molecular flexibility index (Phi) is 2.80. The van der Waals surface area contributed by atoms with Gasteiger partial charge in [0.25, 0.3) is 0 Å². The summed E-state index contributed by atoms with van der Waals surface area (Å²) in [5.41, 5.74) is 0.0728. The van der Waals surface area contributed by atoms with E-state index in [1.54, 1.807) is 6.26 Å². The van der Waals surface area contributed by atoms with E-state index in [0.717, 1.165) is 19.3 Å². The molecule has 2 rings (SSSR count). The highest BCUT2D eigenvalue weighted by Crippen LogP contribution is 2.61. The molecule has 0 bridgehead atoms. The monoisotopic (exact) mass is 228 g/mol. The highest BCUT2D eigenvalue weighted by molar-refractivity contribution is 6.64. The quantitative estimate of drug-likeness (QED) is 0.694. The van der Waals surface area contributed by atoms with Crippen LogP contribution < -0.4 is 0 Å². The Labute approximate surface area is 95.6 Å². The van der Waals surface area contributed by atoms with Gasteiger partial charge in [-0.25, -0.2) is 0 Å². The highest BCUT2D eigenvalue weighted by atomic mass is 35.5. The summed E-state index contributed by atoms with van der Waals surface area (Å²) >= 11 is 5.58. The molecule has 3 atom stereocenters. The lowest BCUT2D eigenvalue weighted by Crippen LogP contribution is -2.14. The minimum absolute atomic E-state index is 0.0358. The molecule has 3 unspecified atom stereocenters. The van der Waals surface area contributed by atoms with Crippen LogP contribution in [0.15, 0.2) is 12.3 Å². The van der Waals surface area contributed by atoms with Gasteiger partial charge < -0.3 is 4.74 Å². The summed E-state index contributed by atoms with van der Waals surface area (Å²) in [6.45, 7) is 4.22. The lowest BCUT2D eigenvalue weighted by Gasteiger charge is -2.19. The molecule has 1 aliphatic carbocycles. The largest absolute Gasteiger partial charge is 0.498 e. The molecule has 1 heterocycles. The molecule has 0 saturated heterocycles. The topological polar surface area (TPSA) is 26.3 Å². The Morgan fingerprint density at radius 3 is 2.80 bits per heavy atom. The first-order chi connectivity index (χ1) is 7.03. The molecular weight excluding hydrogens is 212 g/mol. The first kappa shape index (κ1) is 11.0. The molecule has 1 fully saturated rings. The van der Waals surface area contributed by atoms with Crippen molar-refractivity contribution >= 4 is 16.8 Å². The Hall–Kier alpha value is -0.500. The van der Waals surface area contributed by atoms with Gasteiger partial charge in [0.1, 0.15) is 0 Å². The molecule has 1 saturated carbocycles. The first-order valence-electron chi connectivity index (χ1n) is 5.53. The average Bonchev–Trinajstić information content (AvgIpc) is 2.70. The van der Waals surface area contributed by atoms with Crippen LogP contribution in [0.5, 0.6) is 0 Å². The van der Waals surface area contributed by atoms with Crippen LogP contribution in [0.25, 0.3) is 0 Å². The summed E-state index contributed by atoms with van der Waals surface area (Å²) in [4.78, 5) is 11.2. The fourth-order valence-corrected chi connectivity index (χ4v) is 3.11. The van der Waals surface area contributed by atoms with Gasteiger partial charge in [0.2, 0.25) is 5.24 Å². The lowest BCUT2D eigenvalue weighted by molar-refractivity contribution is -0.113. The Bertz CT molecular complexity index is 296. The molecule has 2 nitrogen and oxygen atoms in total. The van der Waals surface area contributed by atoms with Crippen LogP contribution in [0.4, 0.5) is 0 Å². The SMILES string of the molecule is CC1(C)C(CC2CCC=CO2)C1C(=O)Cl. The third kappa shape index (κ3) is 2.05. The Balaban J connectivity index is 1.91. The van der Waals surface area contributed by atoms with Crippen molar-refractivity contribution in [1.82, 2.24) is 0 Å². The van der Waals surface area contributed by atoms with E-state index in [-0.39, 0.29) is 22.7 Å². The minimum atomic E-state index is -0.184. The van der Waals surface area contributed by atoms with Crippen molar-refractivity contribution in [3.63, 3.8) is 0 Å². The van der Waals surface area contributed by atoms with E-state index >= 15 is 0 Å². The third-order valence-corrected chi connectivity index (χ3v) is 4.07. The molecule has 15 heavy (non-hydrogen) atoms. The molecule has 0 N–H and O–H groups in total.